The van der Waals surface area contributed by atoms with Crippen molar-refractivity contribution >= 4 is 0 Å². The first-order chi connectivity index (χ1) is 9.22. The van der Waals surface area contributed by atoms with E-state index in [1.165, 1.54) is 5.56 Å². The molecule has 4 heteroatoms. The van der Waals surface area contributed by atoms with Gasteiger partial charge in [0.1, 0.15) is 5.82 Å². The highest BCUT2D eigenvalue weighted by Crippen LogP contribution is 2.23. The molecule has 4 nitrogen and oxygen atoms in total. The van der Waals surface area contributed by atoms with Gasteiger partial charge < -0.3 is 10.3 Å². The van der Waals surface area contributed by atoms with Gasteiger partial charge in [0, 0.05) is 25.5 Å². The van der Waals surface area contributed by atoms with Gasteiger partial charge in [0.25, 0.3) is 0 Å². The fourth-order valence-electron chi connectivity index (χ4n) is 2.36. The van der Waals surface area contributed by atoms with Crippen molar-refractivity contribution in [1.82, 2.24) is 14.5 Å². The summed E-state index contributed by atoms with van der Waals surface area (Å²) < 4.78 is 2.06. The molecule has 0 fully saturated rings. The van der Waals surface area contributed by atoms with Crippen LogP contribution in [0.5, 0.6) is 0 Å². The molecule has 0 bridgehead atoms. The molecule has 1 unspecified atom stereocenters. The lowest BCUT2D eigenvalue weighted by molar-refractivity contribution is 0.219. The molecule has 0 aliphatic heterocycles. The first kappa shape index (κ1) is 13.8. The molecule has 0 saturated carbocycles. The molecule has 1 aromatic heterocycles. The highest BCUT2D eigenvalue weighted by atomic mass is 15.2. The molecule has 2 aromatic rings. The van der Waals surface area contributed by atoms with Gasteiger partial charge in [-0.3, -0.25) is 4.90 Å². The minimum atomic E-state index is 0.336. The molecule has 0 aliphatic carbocycles. The van der Waals surface area contributed by atoms with E-state index in [9.17, 15) is 0 Å². The third kappa shape index (κ3) is 3.43. The first-order valence-electron chi connectivity index (χ1n) is 6.64. The van der Waals surface area contributed by atoms with Crippen molar-refractivity contribution < 1.29 is 0 Å². The van der Waals surface area contributed by atoms with Crippen LogP contribution in [0.2, 0.25) is 0 Å². The molecule has 0 aliphatic rings. The molecular weight excluding hydrogens is 236 g/mol. The van der Waals surface area contributed by atoms with E-state index in [-0.39, 0.29) is 0 Å². The van der Waals surface area contributed by atoms with Crippen LogP contribution in [-0.2, 0) is 13.6 Å². The Morgan fingerprint density at radius 3 is 2.63 bits per heavy atom. The number of aryl methyl sites for hydroxylation is 1. The molecule has 1 atom stereocenters. The van der Waals surface area contributed by atoms with Crippen LogP contribution in [0.3, 0.4) is 0 Å². The zero-order valence-corrected chi connectivity index (χ0v) is 11.7. The molecule has 0 spiro atoms. The minimum absolute atomic E-state index is 0.336. The van der Waals surface area contributed by atoms with Gasteiger partial charge in [-0.05, 0) is 25.6 Å². The SMILES string of the molecule is CN(Cc1nccn1C)C(CCN)c1ccccc1. The van der Waals surface area contributed by atoms with E-state index >= 15 is 0 Å². The van der Waals surface area contributed by atoms with Crippen molar-refractivity contribution in [3.8, 4) is 0 Å². The Labute approximate surface area is 114 Å². The summed E-state index contributed by atoms with van der Waals surface area (Å²) in [7, 11) is 4.15. The van der Waals surface area contributed by atoms with E-state index in [4.69, 9.17) is 5.73 Å². The zero-order chi connectivity index (χ0) is 13.7. The number of rotatable bonds is 6. The van der Waals surface area contributed by atoms with Crippen molar-refractivity contribution in [2.75, 3.05) is 13.6 Å². The highest BCUT2D eigenvalue weighted by Gasteiger charge is 2.17. The van der Waals surface area contributed by atoms with Gasteiger partial charge >= 0.3 is 0 Å². The number of nitrogens with zero attached hydrogens (tertiary/aromatic N) is 3. The molecule has 1 heterocycles. The van der Waals surface area contributed by atoms with Gasteiger partial charge in [-0.15, -0.1) is 0 Å². The Morgan fingerprint density at radius 1 is 1.32 bits per heavy atom. The van der Waals surface area contributed by atoms with Crippen LogP contribution in [0.1, 0.15) is 23.9 Å². The topological polar surface area (TPSA) is 47.1 Å². The molecule has 2 rings (SSSR count). The third-order valence-corrected chi connectivity index (χ3v) is 3.47. The largest absolute Gasteiger partial charge is 0.337 e. The maximum absolute atomic E-state index is 5.76. The van der Waals surface area contributed by atoms with E-state index in [1.54, 1.807) is 0 Å². The molecule has 0 amide bonds. The molecule has 19 heavy (non-hydrogen) atoms. The van der Waals surface area contributed by atoms with E-state index in [0.29, 0.717) is 12.6 Å². The lowest BCUT2D eigenvalue weighted by Gasteiger charge is -2.28. The van der Waals surface area contributed by atoms with Crippen molar-refractivity contribution in [2.45, 2.75) is 19.0 Å². The number of hydrogen-bond donors (Lipinski definition) is 1. The van der Waals surface area contributed by atoms with Crippen molar-refractivity contribution in [1.29, 1.82) is 0 Å². The maximum Gasteiger partial charge on any atom is 0.122 e. The lowest BCUT2D eigenvalue weighted by Crippen LogP contribution is -2.27. The predicted octanol–water partition coefficient (Wildman–Crippen LogP) is 1.94. The number of benzene rings is 1. The first-order valence-corrected chi connectivity index (χ1v) is 6.64. The van der Waals surface area contributed by atoms with Crippen LogP contribution in [0.25, 0.3) is 0 Å². The number of imidazole rings is 1. The Hall–Kier alpha value is -1.65. The smallest absolute Gasteiger partial charge is 0.122 e. The van der Waals surface area contributed by atoms with Gasteiger partial charge in [0.2, 0.25) is 0 Å². The third-order valence-electron chi connectivity index (χ3n) is 3.47. The quantitative estimate of drug-likeness (QED) is 0.861. The Kier molecular flexibility index (Phi) is 4.71. The van der Waals surface area contributed by atoms with Crippen molar-refractivity contribution in [2.24, 2.45) is 12.8 Å². The van der Waals surface area contributed by atoms with Gasteiger partial charge in [0.05, 0.1) is 6.54 Å². The lowest BCUT2D eigenvalue weighted by atomic mass is 10.0. The van der Waals surface area contributed by atoms with Gasteiger partial charge in [-0.1, -0.05) is 30.3 Å². The standard InChI is InChI=1S/C15H22N4/c1-18-11-10-17-15(18)12-19(2)14(8-9-16)13-6-4-3-5-7-13/h3-7,10-11,14H,8-9,12,16H2,1-2H3. The molecule has 1 aromatic carbocycles. The molecular formula is C15H22N4. The summed E-state index contributed by atoms with van der Waals surface area (Å²) in [6.07, 6.45) is 4.76. The average Bonchev–Trinajstić information content (AvgIpc) is 2.82. The van der Waals surface area contributed by atoms with E-state index in [1.807, 2.05) is 25.5 Å². The molecule has 102 valence electrons. The summed E-state index contributed by atoms with van der Waals surface area (Å²) in [4.78, 5) is 6.69. The summed E-state index contributed by atoms with van der Waals surface area (Å²) in [5.41, 5.74) is 7.07. The number of nitrogens with two attached hydrogens (primary N) is 1. The Bertz CT molecular complexity index is 492. The summed E-state index contributed by atoms with van der Waals surface area (Å²) in [5, 5.41) is 0. The van der Waals surface area contributed by atoms with E-state index in [2.05, 4.69) is 45.8 Å². The van der Waals surface area contributed by atoms with Gasteiger partial charge in [-0.25, -0.2) is 4.98 Å². The van der Waals surface area contributed by atoms with Crippen LogP contribution >= 0.6 is 0 Å². The number of aromatic nitrogens is 2. The second-order valence-corrected chi connectivity index (χ2v) is 4.87. The maximum atomic E-state index is 5.76. The van der Waals surface area contributed by atoms with Crippen molar-refractivity contribution in [3.05, 3.63) is 54.1 Å². The molecule has 0 saturated heterocycles. The van der Waals surface area contributed by atoms with Crippen molar-refractivity contribution in [3.63, 3.8) is 0 Å². The predicted molar refractivity (Wildman–Crippen MR) is 77.5 cm³/mol. The zero-order valence-electron chi connectivity index (χ0n) is 11.7. The normalized spacial score (nSPS) is 12.8. The van der Waals surface area contributed by atoms with E-state index < -0.39 is 0 Å². The average molecular weight is 258 g/mol. The Balaban J connectivity index is 2.13. The second kappa shape index (κ2) is 6.50. The highest BCUT2D eigenvalue weighted by molar-refractivity contribution is 5.19. The van der Waals surface area contributed by atoms with Crippen LogP contribution in [0, 0.1) is 0 Å². The van der Waals surface area contributed by atoms with E-state index in [0.717, 1.165) is 18.8 Å². The van der Waals surface area contributed by atoms with Crippen LogP contribution in [-0.4, -0.2) is 28.0 Å². The van der Waals surface area contributed by atoms with Crippen LogP contribution in [0.4, 0.5) is 0 Å². The second-order valence-electron chi connectivity index (χ2n) is 4.87. The summed E-state index contributed by atoms with van der Waals surface area (Å²) in [6.45, 7) is 1.51. The summed E-state index contributed by atoms with van der Waals surface area (Å²) in [5.74, 6) is 1.07. The minimum Gasteiger partial charge on any atom is -0.337 e. The Morgan fingerprint density at radius 2 is 2.05 bits per heavy atom. The molecule has 2 N–H and O–H groups in total. The fraction of sp³-hybridized carbons (Fsp3) is 0.400. The fourth-order valence-corrected chi connectivity index (χ4v) is 2.36. The van der Waals surface area contributed by atoms with Gasteiger partial charge in [-0.2, -0.15) is 0 Å². The molecule has 0 radical (unpaired) electrons. The monoisotopic (exact) mass is 258 g/mol. The summed E-state index contributed by atoms with van der Waals surface area (Å²) >= 11 is 0. The van der Waals surface area contributed by atoms with Crippen LogP contribution < -0.4 is 5.73 Å². The van der Waals surface area contributed by atoms with Crippen LogP contribution in [0.15, 0.2) is 42.7 Å². The van der Waals surface area contributed by atoms with Gasteiger partial charge in [0.15, 0.2) is 0 Å². The summed E-state index contributed by atoms with van der Waals surface area (Å²) in [6, 6.07) is 10.9. The number of hydrogen-bond acceptors (Lipinski definition) is 3.